The highest BCUT2D eigenvalue weighted by Crippen LogP contribution is 1.95. The molecule has 18 heavy (non-hydrogen) atoms. The monoisotopic (exact) mass is 243 g/mol. The van der Waals surface area contributed by atoms with Gasteiger partial charge in [-0.1, -0.05) is 67.7 Å². The molecule has 0 aliphatic rings. The van der Waals surface area contributed by atoms with Crippen molar-refractivity contribution in [3.63, 3.8) is 0 Å². The van der Waals surface area contributed by atoms with Crippen molar-refractivity contribution >= 4 is 0 Å². The minimum Gasteiger partial charge on any atom is -0.0885 e. The summed E-state index contributed by atoms with van der Waals surface area (Å²) < 4.78 is 0. The average Bonchev–Trinajstić information content (AvgIpc) is 2.39. The lowest BCUT2D eigenvalue weighted by Crippen LogP contribution is -1.64. The van der Waals surface area contributed by atoms with Gasteiger partial charge in [-0.2, -0.15) is 0 Å². The summed E-state index contributed by atoms with van der Waals surface area (Å²) >= 11 is 0. The fourth-order valence-corrected chi connectivity index (χ4v) is 1.37. The maximum Gasteiger partial charge on any atom is -0.0169 e. The van der Waals surface area contributed by atoms with Crippen molar-refractivity contribution < 1.29 is 0 Å². The van der Waals surface area contributed by atoms with E-state index in [9.17, 15) is 0 Å². The van der Waals surface area contributed by atoms with E-state index in [1.54, 1.807) is 0 Å². The highest BCUT2D eigenvalue weighted by atomic mass is 13.8. The third kappa shape index (κ3) is 14.7. The Morgan fingerprint density at radius 3 is 1.22 bits per heavy atom. The van der Waals surface area contributed by atoms with Crippen molar-refractivity contribution in [3.05, 3.63) is 67.7 Å². The lowest BCUT2D eigenvalue weighted by atomic mass is 10.2. The van der Waals surface area contributed by atoms with Gasteiger partial charge >= 0.3 is 0 Å². The molecule has 0 unspecified atom stereocenters. The SMILES string of the molecule is [CH2]CC=CCC=CCC=CCC=CCC=CCC. The first-order valence-corrected chi connectivity index (χ1v) is 6.96. The first kappa shape index (κ1) is 16.7. The van der Waals surface area contributed by atoms with Crippen molar-refractivity contribution in [2.45, 2.75) is 45.4 Å². The van der Waals surface area contributed by atoms with Crippen molar-refractivity contribution in [3.8, 4) is 0 Å². The second-order valence-corrected chi connectivity index (χ2v) is 4.00. The van der Waals surface area contributed by atoms with Crippen molar-refractivity contribution in [2.24, 2.45) is 0 Å². The average molecular weight is 243 g/mol. The Kier molecular flexibility index (Phi) is 14.6. The van der Waals surface area contributed by atoms with Crippen LogP contribution >= 0.6 is 0 Å². The van der Waals surface area contributed by atoms with E-state index in [1.165, 1.54) is 0 Å². The third-order valence-corrected chi connectivity index (χ3v) is 2.32. The first-order valence-electron chi connectivity index (χ1n) is 6.96. The Morgan fingerprint density at radius 1 is 0.556 bits per heavy atom. The van der Waals surface area contributed by atoms with E-state index in [0.29, 0.717) is 0 Å². The van der Waals surface area contributed by atoms with Crippen LogP contribution in [-0.4, -0.2) is 0 Å². The summed E-state index contributed by atoms with van der Waals surface area (Å²) in [5, 5.41) is 0. The summed E-state index contributed by atoms with van der Waals surface area (Å²) in [6, 6.07) is 0. The highest BCUT2D eigenvalue weighted by molar-refractivity contribution is 5.00. The summed E-state index contributed by atoms with van der Waals surface area (Å²) in [6.45, 7) is 5.91. The summed E-state index contributed by atoms with van der Waals surface area (Å²) in [7, 11) is 0. The van der Waals surface area contributed by atoms with Gasteiger partial charge in [0.25, 0.3) is 0 Å². The van der Waals surface area contributed by atoms with E-state index in [4.69, 9.17) is 0 Å². The Morgan fingerprint density at radius 2 is 0.889 bits per heavy atom. The molecule has 0 aliphatic heterocycles. The van der Waals surface area contributed by atoms with Crippen LogP contribution in [0.3, 0.4) is 0 Å². The van der Waals surface area contributed by atoms with Crippen LogP contribution in [0, 0.1) is 6.92 Å². The molecule has 0 fully saturated rings. The largest absolute Gasteiger partial charge is 0.0885 e. The van der Waals surface area contributed by atoms with Crippen molar-refractivity contribution in [2.75, 3.05) is 0 Å². The van der Waals surface area contributed by atoms with Gasteiger partial charge in [-0.15, -0.1) is 0 Å². The molecule has 0 aromatic carbocycles. The summed E-state index contributed by atoms with van der Waals surface area (Å²) in [5.41, 5.74) is 0. The lowest BCUT2D eigenvalue weighted by molar-refractivity contribution is 1.19. The Bertz CT molecular complexity index is 257. The van der Waals surface area contributed by atoms with Crippen LogP contribution in [0.25, 0.3) is 0 Å². The van der Waals surface area contributed by atoms with Gasteiger partial charge in [0.15, 0.2) is 0 Å². The topological polar surface area (TPSA) is 0 Å². The zero-order valence-electron chi connectivity index (χ0n) is 11.7. The van der Waals surface area contributed by atoms with Crippen LogP contribution in [0.15, 0.2) is 60.8 Å². The van der Waals surface area contributed by atoms with Gasteiger partial charge in [0.2, 0.25) is 0 Å². The van der Waals surface area contributed by atoms with Crippen LogP contribution in [0.4, 0.5) is 0 Å². The number of hydrogen-bond acceptors (Lipinski definition) is 0. The van der Waals surface area contributed by atoms with Gasteiger partial charge < -0.3 is 0 Å². The van der Waals surface area contributed by atoms with Gasteiger partial charge in [0.1, 0.15) is 0 Å². The van der Waals surface area contributed by atoms with Crippen molar-refractivity contribution in [1.29, 1.82) is 0 Å². The molecule has 0 amide bonds. The molecule has 0 saturated heterocycles. The van der Waals surface area contributed by atoms with E-state index < -0.39 is 0 Å². The van der Waals surface area contributed by atoms with Crippen LogP contribution < -0.4 is 0 Å². The van der Waals surface area contributed by atoms with Gasteiger partial charge in [0, 0.05) is 0 Å². The van der Waals surface area contributed by atoms with Gasteiger partial charge in [-0.05, 0) is 45.4 Å². The Balaban J connectivity index is 3.42. The summed E-state index contributed by atoms with van der Waals surface area (Å²) in [6.07, 6.45) is 28.1. The molecule has 0 N–H and O–H groups in total. The van der Waals surface area contributed by atoms with Crippen LogP contribution in [0.2, 0.25) is 0 Å². The molecule has 1 radical (unpaired) electrons. The smallest absolute Gasteiger partial charge is 0.0169 e. The highest BCUT2D eigenvalue weighted by Gasteiger charge is 1.74. The molecule has 0 aromatic heterocycles. The minimum absolute atomic E-state index is 0.882. The standard InChI is InChI=1S/C18H27/c1-3-5-7-9-11-13-15-17-18-16-14-12-10-8-6-4-2/h5-8,11-14,17-18H,1,3-4,9-10,15-16H2,2H3. The first-order chi connectivity index (χ1) is 8.91. The zero-order chi connectivity index (χ0) is 13.3. The van der Waals surface area contributed by atoms with E-state index in [0.717, 1.165) is 38.5 Å². The van der Waals surface area contributed by atoms with E-state index in [-0.39, 0.29) is 0 Å². The zero-order valence-corrected chi connectivity index (χ0v) is 11.7. The third-order valence-electron chi connectivity index (χ3n) is 2.32. The van der Waals surface area contributed by atoms with Crippen LogP contribution in [0.1, 0.15) is 45.4 Å². The quantitative estimate of drug-likeness (QED) is 0.415. The lowest BCUT2D eigenvalue weighted by Gasteiger charge is -1.85. The molecule has 0 spiro atoms. The normalized spacial score (nSPS) is 13.2. The molecule has 0 saturated carbocycles. The van der Waals surface area contributed by atoms with Gasteiger partial charge in [0.05, 0.1) is 0 Å². The Hall–Kier alpha value is -1.30. The van der Waals surface area contributed by atoms with Gasteiger partial charge in [-0.3, -0.25) is 0 Å². The predicted octanol–water partition coefficient (Wildman–Crippen LogP) is 5.96. The number of hydrogen-bond donors (Lipinski definition) is 0. The molecule has 0 heteroatoms. The Labute approximate surface area is 113 Å². The van der Waals surface area contributed by atoms with Crippen molar-refractivity contribution in [1.82, 2.24) is 0 Å². The maximum absolute atomic E-state index is 3.75. The second kappa shape index (κ2) is 15.7. The molecule has 0 atom stereocenters. The number of allylic oxidation sites excluding steroid dienone is 10. The molecular formula is C18H27. The molecule has 0 rings (SSSR count). The van der Waals surface area contributed by atoms with E-state index in [1.807, 2.05) is 0 Å². The fourth-order valence-electron chi connectivity index (χ4n) is 1.37. The van der Waals surface area contributed by atoms with Crippen LogP contribution in [0.5, 0.6) is 0 Å². The van der Waals surface area contributed by atoms with E-state index >= 15 is 0 Å². The molecule has 0 bridgehead atoms. The van der Waals surface area contributed by atoms with E-state index in [2.05, 4.69) is 74.6 Å². The van der Waals surface area contributed by atoms with Gasteiger partial charge in [-0.25, -0.2) is 0 Å². The molecular weight excluding hydrogens is 216 g/mol. The predicted molar refractivity (Wildman–Crippen MR) is 84.4 cm³/mol. The molecule has 0 aliphatic carbocycles. The van der Waals surface area contributed by atoms with Crippen LogP contribution in [-0.2, 0) is 0 Å². The molecule has 0 heterocycles. The summed E-state index contributed by atoms with van der Waals surface area (Å²) in [5.74, 6) is 0. The molecule has 0 nitrogen and oxygen atoms in total. The number of rotatable bonds is 10. The molecule has 99 valence electrons. The maximum atomic E-state index is 3.75. The minimum atomic E-state index is 0.882. The summed E-state index contributed by atoms with van der Waals surface area (Å²) in [4.78, 5) is 0. The fraction of sp³-hybridized carbons (Fsp3) is 0.389. The molecule has 0 aromatic rings. The second-order valence-electron chi connectivity index (χ2n) is 4.00.